The molecular formula is C23H26N4O2. The summed E-state index contributed by atoms with van der Waals surface area (Å²) in [6.07, 6.45) is 2.46. The van der Waals surface area contributed by atoms with Crippen LogP contribution >= 0.6 is 0 Å². The second-order valence-electron chi connectivity index (χ2n) is 7.09. The molecule has 4 rings (SSSR count). The molecule has 0 unspecified atom stereocenters. The summed E-state index contributed by atoms with van der Waals surface area (Å²) < 4.78 is 7.20. The molecule has 150 valence electrons. The van der Waals surface area contributed by atoms with E-state index in [9.17, 15) is 4.79 Å². The van der Waals surface area contributed by atoms with Gasteiger partial charge in [-0.15, -0.1) is 0 Å². The first kappa shape index (κ1) is 19.1. The van der Waals surface area contributed by atoms with Crippen molar-refractivity contribution in [1.82, 2.24) is 14.7 Å². The van der Waals surface area contributed by atoms with Gasteiger partial charge in [-0.3, -0.25) is 4.79 Å². The van der Waals surface area contributed by atoms with Gasteiger partial charge in [0, 0.05) is 37.9 Å². The number of rotatable bonds is 5. The zero-order valence-electron chi connectivity index (χ0n) is 16.9. The van der Waals surface area contributed by atoms with Crippen LogP contribution < -0.4 is 9.64 Å². The van der Waals surface area contributed by atoms with Crippen LogP contribution in [0.2, 0.25) is 0 Å². The van der Waals surface area contributed by atoms with Crippen molar-refractivity contribution in [3.8, 4) is 11.4 Å². The summed E-state index contributed by atoms with van der Waals surface area (Å²) in [7, 11) is 1.68. The van der Waals surface area contributed by atoms with E-state index in [1.165, 1.54) is 0 Å². The number of amides is 1. The predicted octanol–water partition coefficient (Wildman–Crippen LogP) is 3.41. The van der Waals surface area contributed by atoms with Gasteiger partial charge < -0.3 is 14.5 Å². The molecule has 1 saturated heterocycles. The van der Waals surface area contributed by atoms with Crippen LogP contribution in [0.4, 0.5) is 5.69 Å². The van der Waals surface area contributed by atoms with Gasteiger partial charge in [0.2, 0.25) is 0 Å². The zero-order valence-corrected chi connectivity index (χ0v) is 16.9. The van der Waals surface area contributed by atoms with E-state index in [2.05, 4.69) is 23.0 Å². The highest BCUT2D eigenvalue weighted by Crippen LogP contribution is 2.23. The summed E-state index contributed by atoms with van der Waals surface area (Å²) >= 11 is 0. The van der Waals surface area contributed by atoms with E-state index >= 15 is 0 Å². The molecule has 2 heterocycles. The largest absolute Gasteiger partial charge is 0.497 e. The van der Waals surface area contributed by atoms with Gasteiger partial charge in [-0.25, -0.2) is 4.68 Å². The van der Waals surface area contributed by atoms with Crippen LogP contribution in [0.25, 0.3) is 5.69 Å². The monoisotopic (exact) mass is 390 g/mol. The summed E-state index contributed by atoms with van der Waals surface area (Å²) in [5.41, 5.74) is 3.76. The van der Waals surface area contributed by atoms with E-state index < -0.39 is 0 Å². The molecule has 1 aliphatic heterocycles. The van der Waals surface area contributed by atoms with Crippen LogP contribution in [0, 0.1) is 0 Å². The summed E-state index contributed by atoms with van der Waals surface area (Å²) in [5, 5.41) is 4.50. The molecule has 2 aromatic carbocycles. The second-order valence-corrected chi connectivity index (χ2v) is 7.09. The molecule has 0 bridgehead atoms. The van der Waals surface area contributed by atoms with Crippen molar-refractivity contribution in [1.29, 1.82) is 0 Å². The third-order valence-electron chi connectivity index (χ3n) is 5.42. The second kappa shape index (κ2) is 8.39. The van der Waals surface area contributed by atoms with Gasteiger partial charge in [-0.1, -0.05) is 31.2 Å². The minimum atomic E-state index is 0.0642. The average Bonchev–Trinajstić information content (AvgIpc) is 3.23. The molecule has 3 aromatic rings. The fourth-order valence-electron chi connectivity index (χ4n) is 3.83. The number of anilines is 1. The quantitative estimate of drug-likeness (QED) is 0.670. The van der Waals surface area contributed by atoms with Crippen LogP contribution in [0.5, 0.6) is 5.75 Å². The minimum absolute atomic E-state index is 0.0642. The average molecular weight is 390 g/mol. The Bertz CT molecular complexity index is 976. The minimum Gasteiger partial charge on any atom is -0.497 e. The zero-order chi connectivity index (χ0) is 20.2. The molecule has 0 radical (unpaired) electrons. The van der Waals surface area contributed by atoms with Crippen molar-refractivity contribution in [2.75, 3.05) is 38.2 Å². The van der Waals surface area contributed by atoms with Gasteiger partial charge in [0.05, 0.1) is 30.3 Å². The highest BCUT2D eigenvalue weighted by atomic mass is 16.5. The molecule has 1 aromatic heterocycles. The lowest BCUT2D eigenvalue weighted by Crippen LogP contribution is -2.48. The number of methoxy groups -OCH3 is 1. The predicted molar refractivity (Wildman–Crippen MR) is 114 cm³/mol. The van der Waals surface area contributed by atoms with E-state index in [0.29, 0.717) is 18.7 Å². The number of piperazine rings is 1. The highest BCUT2D eigenvalue weighted by Gasteiger charge is 2.26. The Morgan fingerprint density at radius 2 is 1.72 bits per heavy atom. The standard InChI is InChI=1S/C23H26N4O2/c1-3-22-21(17-24-27(22)18-8-5-4-6-9-18)23(28)26-14-12-25(13-15-26)19-10-7-11-20(16-19)29-2/h4-11,16-17H,3,12-15H2,1-2H3. The number of ether oxygens (including phenoxy) is 1. The third kappa shape index (κ3) is 3.83. The number of nitrogens with zero attached hydrogens (tertiary/aromatic N) is 4. The van der Waals surface area contributed by atoms with E-state index in [0.717, 1.165) is 42.3 Å². The van der Waals surface area contributed by atoms with Crippen molar-refractivity contribution >= 4 is 11.6 Å². The maximum atomic E-state index is 13.2. The number of carbonyl (C=O) groups excluding carboxylic acids is 1. The van der Waals surface area contributed by atoms with E-state index in [1.54, 1.807) is 13.3 Å². The SMILES string of the molecule is CCc1c(C(=O)N2CCN(c3cccc(OC)c3)CC2)cnn1-c1ccccc1. The Morgan fingerprint density at radius 1 is 1.00 bits per heavy atom. The first-order chi connectivity index (χ1) is 14.2. The van der Waals surface area contributed by atoms with E-state index in [-0.39, 0.29) is 5.91 Å². The number of benzene rings is 2. The Hall–Kier alpha value is -3.28. The highest BCUT2D eigenvalue weighted by molar-refractivity contribution is 5.95. The fraction of sp³-hybridized carbons (Fsp3) is 0.304. The van der Waals surface area contributed by atoms with E-state index in [4.69, 9.17) is 4.74 Å². The molecule has 29 heavy (non-hydrogen) atoms. The van der Waals surface area contributed by atoms with Crippen LogP contribution in [0.3, 0.4) is 0 Å². The van der Waals surface area contributed by atoms with E-state index in [1.807, 2.05) is 58.1 Å². The molecule has 1 amide bonds. The lowest BCUT2D eigenvalue weighted by atomic mass is 10.1. The van der Waals surface area contributed by atoms with Gasteiger partial charge >= 0.3 is 0 Å². The van der Waals surface area contributed by atoms with Crippen molar-refractivity contribution in [2.45, 2.75) is 13.3 Å². The van der Waals surface area contributed by atoms with Crippen LogP contribution in [-0.4, -0.2) is 53.9 Å². The molecule has 0 N–H and O–H groups in total. The fourth-order valence-corrected chi connectivity index (χ4v) is 3.83. The van der Waals surface area contributed by atoms with Gasteiger partial charge in [-0.2, -0.15) is 5.10 Å². The molecule has 0 aliphatic carbocycles. The summed E-state index contributed by atoms with van der Waals surface area (Å²) in [5.74, 6) is 0.913. The molecule has 0 saturated carbocycles. The number of hydrogen-bond donors (Lipinski definition) is 0. The smallest absolute Gasteiger partial charge is 0.257 e. The lowest BCUT2D eigenvalue weighted by molar-refractivity contribution is 0.0745. The van der Waals surface area contributed by atoms with Crippen molar-refractivity contribution in [3.05, 3.63) is 72.1 Å². The van der Waals surface area contributed by atoms with Gasteiger partial charge in [-0.05, 0) is 30.7 Å². The molecule has 6 nitrogen and oxygen atoms in total. The molecule has 0 spiro atoms. The number of carbonyl (C=O) groups is 1. The third-order valence-corrected chi connectivity index (χ3v) is 5.42. The molecule has 1 aliphatic rings. The molecule has 0 atom stereocenters. The van der Waals surface area contributed by atoms with Crippen LogP contribution in [0.1, 0.15) is 23.0 Å². The van der Waals surface area contributed by atoms with Crippen LogP contribution in [0.15, 0.2) is 60.8 Å². The number of hydrogen-bond acceptors (Lipinski definition) is 4. The van der Waals surface area contributed by atoms with Crippen molar-refractivity contribution in [3.63, 3.8) is 0 Å². The van der Waals surface area contributed by atoms with Gasteiger partial charge in [0.25, 0.3) is 5.91 Å². The molecular weight excluding hydrogens is 364 g/mol. The van der Waals surface area contributed by atoms with Gasteiger partial charge in [0.15, 0.2) is 0 Å². The van der Waals surface area contributed by atoms with Crippen LogP contribution in [-0.2, 0) is 6.42 Å². The number of para-hydroxylation sites is 1. The first-order valence-corrected chi connectivity index (χ1v) is 10.0. The van der Waals surface area contributed by atoms with Crippen molar-refractivity contribution < 1.29 is 9.53 Å². The summed E-state index contributed by atoms with van der Waals surface area (Å²) in [6.45, 7) is 5.04. The summed E-state index contributed by atoms with van der Waals surface area (Å²) in [4.78, 5) is 17.4. The molecule has 1 fully saturated rings. The maximum absolute atomic E-state index is 13.2. The normalized spacial score (nSPS) is 14.1. The van der Waals surface area contributed by atoms with Gasteiger partial charge in [0.1, 0.15) is 5.75 Å². The Labute approximate surface area is 171 Å². The topological polar surface area (TPSA) is 50.6 Å². The Morgan fingerprint density at radius 3 is 2.41 bits per heavy atom. The molecule has 6 heteroatoms. The lowest BCUT2D eigenvalue weighted by Gasteiger charge is -2.36. The Balaban J connectivity index is 1.48. The Kier molecular flexibility index (Phi) is 5.51. The summed E-state index contributed by atoms with van der Waals surface area (Å²) in [6, 6.07) is 18.0. The maximum Gasteiger partial charge on any atom is 0.257 e. The number of aromatic nitrogens is 2. The van der Waals surface area contributed by atoms with Crippen molar-refractivity contribution in [2.24, 2.45) is 0 Å². The first-order valence-electron chi connectivity index (χ1n) is 10.0.